The standard InChI is InChI=1S/C23H20N2O5S/c1-11-3-7-13(8-4-11)25-22(26)15-16(23(25)27)20-21-17(19(15)29-20)18(24-30-21)12-5-9-14(10-6-12)31(2)28/h3-10,15-17,19-21H,1-2H3/t15-,16+,17-,19-,20+,21-,31?/m1/s1. The summed E-state index contributed by atoms with van der Waals surface area (Å²) in [5.41, 5.74) is 3.23. The van der Waals surface area contributed by atoms with Crippen molar-refractivity contribution >= 4 is 34.0 Å². The molecule has 2 amide bonds. The maximum absolute atomic E-state index is 13.3. The van der Waals surface area contributed by atoms with Gasteiger partial charge in [-0.3, -0.25) is 13.8 Å². The number of aryl methyl sites for hydroxylation is 1. The summed E-state index contributed by atoms with van der Waals surface area (Å²) >= 11 is 0. The molecule has 2 aromatic carbocycles. The number of hydrogen-bond donors (Lipinski definition) is 0. The Hall–Kier alpha value is -2.84. The predicted octanol–water partition coefficient (Wildman–Crippen LogP) is 2.04. The second-order valence-corrected chi connectivity index (χ2v) is 9.89. The van der Waals surface area contributed by atoms with Crippen LogP contribution >= 0.6 is 0 Å². The summed E-state index contributed by atoms with van der Waals surface area (Å²) in [7, 11) is -1.07. The number of rotatable bonds is 3. The van der Waals surface area contributed by atoms with Crippen LogP contribution in [-0.4, -0.2) is 46.3 Å². The number of imide groups is 1. The van der Waals surface area contributed by atoms with Gasteiger partial charge in [-0.25, -0.2) is 4.90 Å². The van der Waals surface area contributed by atoms with Gasteiger partial charge >= 0.3 is 0 Å². The number of nitrogens with zero attached hydrogens (tertiary/aromatic N) is 2. The van der Waals surface area contributed by atoms with E-state index in [2.05, 4.69) is 5.16 Å². The predicted molar refractivity (Wildman–Crippen MR) is 113 cm³/mol. The van der Waals surface area contributed by atoms with Gasteiger partial charge in [-0.2, -0.15) is 0 Å². The van der Waals surface area contributed by atoms with Crippen molar-refractivity contribution in [3.63, 3.8) is 0 Å². The van der Waals surface area contributed by atoms with E-state index in [0.717, 1.165) is 21.7 Å². The SMILES string of the molecule is Cc1ccc(N2C(=O)[C@@H]3[C@@H]4O[C@@H]([C@H]5C(c6ccc(S(C)=O)cc6)=NO[C@@H]45)[C@@H]3C2=O)cc1. The van der Waals surface area contributed by atoms with Gasteiger partial charge in [-0.05, 0) is 36.8 Å². The van der Waals surface area contributed by atoms with E-state index >= 15 is 0 Å². The molecule has 0 radical (unpaired) electrons. The number of ether oxygens (including phenoxy) is 1. The van der Waals surface area contributed by atoms with Crippen LogP contribution in [0.4, 0.5) is 5.69 Å². The Morgan fingerprint density at radius 2 is 1.52 bits per heavy atom. The molecule has 0 saturated carbocycles. The monoisotopic (exact) mass is 436 g/mol. The molecule has 0 aliphatic carbocycles. The molecular formula is C23H20N2O5S. The molecular weight excluding hydrogens is 416 g/mol. The Morgan fingerprint density at radius 3 is 2.16 bits per heavy atom. The van der Waals surface area contributed by atoms with E-state index in [-0.39, 0.29) is 23.8 Å². The van der Waals surface area contributed by atoms with Crippen molar-refractivity contribution in [3.8, 4) is 0 Å². The van der Waals surface area contributed by atoms with E-state index in [1.54, 1.807) is 18.4 Å². The van der Waals surface area contributed by atoms with Crippen LogP contribution in [0.2, 0.25) is 0 Å². The summed E-state index contributed by atoms with van der Waals surface area (Å²) in [6.45, 7) is 1.96. The third-order valence-electron chi connectivity index (χ3n) is 6.81. The highest BCUT2D eigenvalue weighted by Crippen LogP contribution is 2.55. The van der Waals surface area contributed by atoms with Crippen molar-refractivity contribution in [2.75, 3.05) is 11.2 Å². The quantitative estimate of drug-likeness (QED) is 0.688. The smallest absolute Gasteiger partial charge is 0.240 e. The summed E-state index contributed by atoms with van der Waals surface area (Å²) in [6.07, 6.45) is 0.313. The molecule has 0 N–H and O–H groups in total. The first kappa shape index (κ1) is 18.9. The lowest BCUT2D eigenvalue weighted by Crippen LogP contribution is -2.45. The lowest BCUT2D eigenvalue weighted by atomic mass is 9.71. The highest BCUT2D eigenvalue weighted by molar-refractivity contribution is 7.84. The molecule has 4 heterocycles. The highest BCUT2D eigenvalue weighted by Gasteiger charge is 2.72. The fourth-order valence-electron chi connectivity index (χ4n) is 5.36. The molecule has 4 aliphatic rings. The molecule has 0 spiro atoms. The van der Waals surface area contributed by atoms with Gasteiger partial charge in [0.25, 0.3) is 0 Å². The first-order chi connectivity index (χ1) is 15.0. The summed E-state index contributed by atoms with van der Waals surface area (Å²) in [4.78, 5) is 34.3. The average molecular weight is 436 g/mol. The van der Waals surface area contributed by atoms with Crippen LogP contribution < -0.4 is 4.90 Å². The van der Waals surface area contributed by atoms with Crippen molar-refractivity contribution in [1.29, 1.82) is 0 Å². The number of carbonyl (C=O) groups is 2. The molecule has 31 heavy (non-hydrogen) atoms. The summed E-state index contributed by atoms with van der Waals surface area (Å²) in [6, 6.07) is 14.7. The minimum Gasteiger partial charge on any atom is -0.389 e. The van der Waals surface area contributed by atoms with E-state index in [0.29, 0.717) is 5.69 Å². The highest BCUT2D eigenvalue weighted by atomic mass is 32.2. The molecule has 2 bridgehead atoms. The maximum atomic E-state index is 13.3. The molecule has 4 aliphatic heterocycles. The molecule has 1 unspecified atom stereocenters. The molecule has 8 heteroatoms. The Kier molecular flexibility index (Phi) is 4.01. The third kappa shape index (κ3) is 2.55. The number of carbonyl (C=O) groups excluding carboxylic acids is 2. The summed E-state index contributed by atoms with van der Waals surface area (Å²) < 4.78 is 17.8. The van der Waals surface area contributed by atoms with Gasteiger partial charge in [0.05, 0.1) is 35.3 Å². The zero-order valence-electron chi connectivity index (χ0n) is 16.9. The molecule has 3 fully saturated rings. The van der Waals surface area contributed by atoms with Crippen molar-refractivity contribution in [3.05, 3.63) is 59.7 Å². The molecule has 2 aromatic rings. The Labute approximate surface area is 181 Å². The number of oxime groups is 1. The van der Waals surface area contributed by atoms with Crippen LogP contribution in [0.3, 0.4) is 0 Å². The minimum absolute atomic E-state index is 0.209. The first-order valence-electron chi connectivity index (χ1n) is 10.2. The van der Waals surface area contributed by atoms with Crippen LogP contribution in [0.5, 0.6) is 0 Å². The second-order valence-electron chi connectivity index (χ2n) is 8.52. The Morgan fingerprint density at radius 1 is 0.871 bits per heavy atom. The van der Waals surface area contributed by atoms with Crippen LogP contribution in [-0.2, 0) is 30.0 Å². The third-order valence-corrected chi connectivity index (χ3v) is 7.75. The molecule has 0 aromatic heterocycles. The molecule has 3 saturated heterocycles. The van der Waals surface area contributed by atoms with E-state index < -0.39 is 34.8 Å². The summed E-state index contributed by atoms with van der Waals surface area (Å²) in [5.74, 6) is -1.72. The summed E-state index contributed by atoms with van der Waals surface area (Å²) in [5, 5.41) is 4.29. The van der Waals surface area contributed by atoms with Crippen molar-refractivity contribution in [2.45, 2.75) is 30.1 Å². The lowest BCUT2D eigenvalue weighted by Gasteiger charge is -2.26. The van der Waals surface area contributed by atoms with Gasteiger partial charge in [-0.1, -0.05) is 35.0 Å². The zero-order valence-corrected chi connectivity index (χ0v) is 17.7. The van der Waals surface area contributed by atoms with E-state index in [1.807, 2.05) is 43.3 Å². The van der Waals surface area contributed by atoms with Crippen molar-refractivity contribution in [1.82, 2.24) is 0 Å². The van der Waals surface area contributed by atoms with Crippen molar-refractivity contribution < 1.29 is 23.4 Å². The molecule has 7 nitrogen and oxygen atoms in total. The van der Waals surface area contributed by atoms with Crippen LogP contribution in [0.15, 0.2) is 58.6 Å². The van der Waals surface area contributed by atoms with Crippen molar-refractivity contribution in [2.24, 2.45) is 22.9 Å². The van der Waals surface area contributed by atoms with Gasteiger partial charge < -0.3 is 9.57 Å². The van der Waals surface area contributed by atoms with Gasteiger partial charge in [0.2, 0.25) is 11.8 Å². The topological polar surface area (TPSA) is 85.3 Å². The number of amides is 2. The van der Waals surface area contributed by atoms with Gasteiger partial charge in [0.1, 0.15) is 6.10 Å². The fraction of sp³-hybridized carbons (Fsp3) is 0.348. The fourth-order valence-corrected chi connectivity index (χ4v) is 5.88. The minimum atomic E-state index is -1.07. The van der Waals surface area contributed by atoms with Gasteiger partial charge in [0.15, 0.2) is 6.10 Å². The zero-order chi connectivity index (χ0) is 21.4. The van der Waals surface area contributed by atoms with Crippen LogP contribution in [0.25, 0.3) is 0 Å². The Balaban J connectivity index is 1.32. The van der Waals surface area contributed by atoms with E-state index in [9.17, 15) is 13.8 Å². The average Bonchev–Trinajstić information content (AvgIpc) is 3.49. The molecule has 7 atom stereocenters. The molecule has 158 valence electrons. The normalized spacial score (nSPS) is 33.9. The van der Waals surface area contributed by atoms with E-state index in [4.69, 9.17) is 9.57 Å². The van der Waals surface area contributed by atoms with E-state index in [1.165, 1.54) is 4.90 Å². The number of anilines is 1. The largest absolute Gasteiger partial charge is 0.389 e. The molecule has 6 rings (SSSR count). The first-order valence-corrected chi connectivity index (χ1v) is 11.8. The number of hydrogen-bond acceptors (Lipinski definition) is 6. The number of benzene rings is 2. The maximum Gasteiger partial charge on any atom is 0.240 e. The van der Waals surface area contributed by atoms with Crippen LogP contribution in [0.1, 0.15) is 11.1 Å². The van der Waals surface area contributed by atoms with Gasteiger partial charge in [0, 0.05) is 22.0 Å². The Bertz CT molecular complexity index is 1160. The van der Waals surface area contributed by atoms with Gasteiger partial charge in [-0.15, -0.1) is 0 Å². The second kappa shape index (κ2) is 6.58. The number of fused-ring (bicyclic) bond motifs is 8. The van der Waals surface area contributed by atoms with Crippen LogP contribution in [0, 0.1) is 24.7 Å². The lowest BCUT2D eigenvalue weighted by molar-refractivity contribution is -0.125.